The molecule has 5 nitrogen and oxygen atoms in total. The Bertz CT molecular complexity index is 841. The van der Waals surface area contributed by atoms with E-state index in [1.807, 2.05) is 18.2 Å². The molecule has 3 rings (SSSR count). The van der Waals surface area contributed by atoms with Crippen molar-refractivity contribution in [3.8, 4) is 23.0 Å². The van der Waals surface area contributed by atoms with Gasteiger partial charge in [-0.2, -0.15) is 0 Å². The number of hydrogen-bond acceptors (Lipinski definition) is 5. The topological polar surface area (TPSA) is 54.0 Å². The number of ether oxygens (including phenoxy) is 4. The van der Waals surface area contributed by atoms with Gasteiger partial charge in [0.2, 0.25) is 0 Å². The van der Waals surface area contributed by atoms with Gasteiger partial charge in [-0.05, 0) is 48.4 Å². The standard InChI is InChI=1S/C23H26O5/c1-3-4-12-26-20-10-7-17(15-22(20)25-2)6-9-19(24)18-8-11-21-23(16-18)28-14-5-13-27-21/h6-11,15-16H,3-5,12-14H2,1-2H3/b9-6+. The first kappa shape index (κ1) is 19.8. The average Bonchev–Trinajstić information content (AvgIpc) is 2.97. The highest BCUT2D eigenvalue weighted by atomic mass is 16.5. The molecule has 0 aliphatic carbocycles. The normalized spacial score (nSPS) is 13.2. The smallest absolute Gasteiger partial charge is 0.185 e. The van der Waals surface area contributed by atoms with Crippen molar-refractivity contribution >= 4 is 11.9 Å². The van der Waals surface area contributed by atoms with Crippen LogP contribution in [-0.2, 0) is 0 Å². The molecule has 0 unspecified atom stereocenters. The highest BCUT2D eigenvalue weighted by Gasteiger charge is 2.13. The maximum absolute atomic E-state index is 12.5. The van der Waals surface area contributed by atoms with Crippen LogP contribution in [0.5, 0.6) is 23.0 Å². The lowest BCUT2D eigenvalue weighted by atomic mass is 10.1. The van der Waals surface area contributed by atoms with Gasteiger partial charge in [0, 0.05) is 12.0 Å². The number of hydrogen-bond donors (Lipinski definition) is 0. The van der Waals surface area contributed by atoms with Gasteiger partial charge < -0.3 is 18.9 Å². The Morgan fingerprint density at radius 1 is 1.07 bits per heavy atom. The van der Waals surface area contributed by atoms with E-state index in [4.69, 9.17) is 18.9 Å². The molecule has 0 amide bonds. The molecule has 28 heavy (non-hydrogen) atoms. The second-order valence-corrected chi connectivity index (χ2v) is 6.52. The van der Waals surface area contributed by atoms with Crippen LogP contribution >= 0.6 is 0 Å². The summed E-state index contributed by atoms with van der Waals surface area (Å²) in [7, 11) is 1.61. The molecule has 0 saturated heterocycles. The molecule has 148 valence electrons. The zero-order chi connectivity index (χ0) is 19.8. The summed E-state index contributed by atoms with van der Waals surface area (Å²) in [5, 5.41) is 0. The van der Waals surface area contributed by atoms with E-state index < -0.39 is 0 Å². The Balaban J connectivity index is 1.70. The molecule has 1 aliphatic heterocycles. The molecular weight excluding hydrogens is 356 g/mol. The van der Waals surface area contributed by atoms with Gasteiger partial charge >= 0.3 is 0 Å². The lowest BCUT2D eigenvalue weighted by molar-refractivity contribution is 0.104. The van der Waals surface area contributed by atoms with Gasteiger partial charge in [-0.15, -0.1) is 0 Å². The van der Waals surface area contributed by atoms with Crippen molar-refractivity contribution in [3.63, 3.8) is 0 Å². The summed E-state index contributed by atoms with van der Waals surface area (Å²) in [4.78, 5) is 12.5. The Labute approximate surface area is 165 Å². The molecule has 5 heteroatoms. The van der Waals surface area contributed by atoms with Crippen molar-refractivity contribution in [1.29, 1.82) is 0 Å². The van der Waals surface area contributed by atoms with Crippen LogP contribution in [0.4, 0.5) is 0 Å². The van der Waals surface area contributed by atoms with Crippen molar-refractivity contribution in [2.24, 2.45) is 0 Å². The fraction of sp³-hybridized carbons (Fsp3) is 0.348. The van der Waals surface area contributed by atoms with Gasteiger partial charge in [0.25, 0.3) is 0 Å². The maximum Gasteiger partial charge on any atom is 0.185 e. The maximum atomic E-state index is 12.5. The van der Waals surface area contributed by atoms with Crippen molar-refractivity contribution in [2.75, 3.05) is 26.9 Å². The number of allylic oxidation sites excluding steroid dienone is 1. The fourth-order valence-corrected chi connectivity index (χ4v) is 2.82. The monoisotopic (exact) mass is 382 g/mol. The summed E-state index contributed by atoms with van der Waals surface area (Å²) in [5.74, 6) is 2.56. The number of carbonyl (C=O) groups is 1. The van der Waals surface area contributed by atoms with Gasteiger partial charge in [0.15, 0.2) is 28.8 Å². The zero-order valence-electron chi connectivity index (χ0n) is 16.4. The number of unbranched alkanes of at least 4 members (excludes halogenated alkanes) is 1. The molecule has 0 fully saturated rings. The molecular formula is C23H26O5. The Morgan fingerprint density at radius 3 is 2.68 bits per heavy atom. The van der Waals surface area contributed by atoms with Crippen LogP contribution < -0.4 is 18.9 Å². The first-order valence-electron chi connectivity index (χ1n) is 9.64. The first-order valence-corrected chi connectivity index (χ1v) is 9.64. The van der Waals surface area contributed by atoms with E-state index in [2.05, 4.69) is 6.92 Å². The molecule has 0 spiro atoms. The van der Waals surface area contributed by atoms with E-state index in [0.29, 0.717) is 48.4 Å². The van der Waals surface area contributed by atoms with Crippen LogP contribution in [-0.4, -0.2) is 32.7 Å². The Hall–Kier alpha value is -2.95. The predicted molar refractivity (Wildman–Crippen MR) is 109 cm³/mol. The van der Waals surface area contributed by atoms with E-state index in [0.717, 1.165) is 24.8 Å². The van der Waals surface area contributed by atoms with Gasteiger partial charge in [-0.1, -0.05) is 25.5 Å². The molecule has 2 aromatic carbocycles. The third kappa shape index (κ3) is 5.06. The van der Waals surface area contributed by atoms with E-state index in [1.165, 1.54) is 0 Å². The first-order chi connectivity index (χ1) is 13.7. The summed E-state index contributed by atoms with van der Waals surface area (Å²) in [6.07, 6.45) is 6.22. The van der Waals surface area contributed by atoms with Crippen LogP contribution in [0.2, 0.25) is 0 Å². The summed E-state index contributed by atoms with van der Waals surface area (Å²) in [5.41, 5.74) is 1.43. The van der Waals surface area contributed by atoms with Gasteiger partial charge in [-0.3, -0.25) is 4.79 Å². The van der Waals surface area contributed by atoms with E-state index in [9.17, 15) is 4.79 Å². The van der Waals surface area contributed by atoms with Crippen molar-refractivity contribution < 1.29 is 23.7 Å². The van der Waals surface area contributed by atoms with Crippen LogP contribution in [0.3, 0.4) is 0 Å². The lowest BCUT2D eigenvalue weighted by Crippen LogP contribution is -1.99. The van der Waals surface area contributed by atoms with Crippen LogP contribution in [0.15, 0.2) is 42.5 Å². The summed E-state index contributed by atoms with van der Waals surface area (Å²) in [6.45, 7) is 3.99. The number of methoxy groups -OCH3 is 1. The van der Waals surface area contributed by atoms with E-state index in [1.54, 1.807) is 37.5 Å². The minimum absolute atomic E-state index is 0.0992. The zero-order valence-corrected chi connectivity index (χ0v) is 16.4. The number of carbonyl (C=O) groups excluding carboxylic acids is 1. The summed E-state index contributed by atoms with van der Waals surface area (Å²) in [6, 6.07) is 10.9. The molecule has 1 heterocycles. The Morgan fingerprint density at radius 2 is 1.89 bits per heavy atom. The van der Waals surface area contributed by atoms with E-state index >= 15 is 0 Å². The molecule has 0 saturated carbocycles. The molecule has 0 bridgehead atoms. The minimum Gasteiger partial charge on any atom is -0.493 e. The van der Waals surface area contributed by atoms with Crippen molar-refractivity contribution in [3.05, 3.63) is 53.6 Å². The van der Waals surface area contributed by atoms with E-state index in [-0.39, 0.29) is 5.78 Å². The number of rotatable bonds is 8. The van der Waals surface area contributed by atoms with Crippen molar-refractivity contribution in [1.82, 2.24) is 0 Å². The highest BCUT2D eigenvalue weighted by molar-refractivity contribution is 6.07. The summed E-state index contributed by atoms with van der Waals surface area (Å²) >= 11 is 0. The Kier molecular flexibility index (Phi) is 6.95. The molecule has 0 aromatic heterocycles. The SMILES string of the molecule is CCCCOc1ccc(/C=C/C(=O)c2ccc3c(c2)OCCCO3)cc1OC. The molecule has 0 atom stereocenters. The number of fused-ring (bicyclic) bond motifs is 1. The second-order valence-electron chi connectivity index (χ2n) is 6.52. The largest absolute Gasteiger partial charge is 0.493 e. The van der Waals surface area contributed by atoms with Crippen LogP contribution in [0, 0.1) is 0 Å². The highest BCUT2D eigenvalue weighted by Crippen LogP contribution is 2.31. The minimum atomic E-state index is -0.0992. The van der Waals surface area contributed by atoms with Crippen molar-refractivity contribution in [2.45, 2.75) is 26.2 Å². The van der Waals surface area contributed by atoms with Gasteiger partial charge in [0.1, 0.15) is 0 Å². The average molecular weight is 382 g/mol. The number of ketones is 1. The van der Waals surface area contributed by atoms with Gasteiger partial charge in [0.05, 0.1) is 26.9 Å². The lowest BCUT2D eigenvalue weighted by Gasteiger charge is -2.11. The predicted octanol–water partition coefficient (Wildman–Crippen LogP) is 4.93. The van der Waals surface area contributed by atoms with Crippen LogP contribution in [0.25, 0.3) is 6.08 Å². The van der Waals surface area contributed by atoms with Gasteiger partial charge in [-0.25, -0.2) is 0 Å². The fourth-order valence-electron chi connectivity index (χ4n) is 2.82. The molecule has 2 aromatic rings. The summed E-state index contributed by atoms with van der Waals surface area (Å²) < 4.78 is 22.4. The molecule has 0 radical (unpaired) electrons. The third-order valence-electron chi connectivity index (χ3n) is 4.40. The quantitative estimate of drug-likeness (QED) is 0.368. The third-order valence-corrected chi connectivity index (χ3v) is 4.40. The number of benzene rings is 2. The molecule has 0 N–H and O–H groups in total. The van der Waals surface area contributed by atoms with Crippen LogP contribution in [0.1, 0.15) is 42.1 Å². The molecule has 1 aliphatic rings. The second kappa shape index (κ2) is 9.83.